The molecule has 3 atom stereocenters. The van der Waals surface area contributed by atoms with Crippen LogP contribution >= 0.6 is 23.5 Å². The number of hydrogen-bond acceptors (Lipinski definition) is 5. The van der Waals surface area contributed by atoms with Crippen LogP contribution in [0.15, 0.2) is 34.1 Å². The summed E-state index contributed by atoms with van der Waals surface area (Å²) in [5.74, 6) is 0. The fourth-order valence-electron chi connectivity index (χ4n) is 2.30. The van der Waals surface area contributed by atoms with Crippen molar-refractivity contribution in [2.24, 2.45) is 0 Å². The second-order valence-corrected chi connectivity index (χ2v) is 7.05. The van der Waals surface area contributed by atoms with Crippen LogP contribution in [0.4, 0.5) is 0 Å². The van der Waals surface area contributed by atoms with Crippen LogP contribution < -0.4 is 0 Å². The summed E-state index contributed by atoms with van der Waals surface area (Å²) in [5, 5.41) is 9.28. The minimum absolute atomic E-state index is 0.00399. The van der Waals surface area contributed by atoms with Crippen LogP contribution in [0.3, 0.4) is 0 Å². The number of rotatable bonds is 3. The maximum Gasteiger partial charge on any atom is 0.159 e. The van der Waals surface area contributed by atoms with Crippen molar-refractivity contribution >= 4 is 23.5 Å². The molecule has 1 fully saturated rings. The quantitative estimate of drug-likeness (QED) is 0.924. The predicted octanol–water partition coefficient (Wildman–Crippen LogP) is 2.72. The first-order chi connectivity index (χ1) is 8.76. The van der Waals surface area contributed by atoms with Gasteiger partial charge in [0.05, 0.1) is 18.8 Å². The monoisotopic (exact) mass is 284 g/mol. The van der Waals surface area contributed by atoms with E-state index >= 15 is 0 Å². The Balaban J connectivity index is 1.62. The second-order valence-electron chi connectivity index (χ2n) is 4.55. The Morgan fingerprint density at radius 2 is 2.00 bits per heavy atom. The zero-order valence-corrected chi connectivity index (χ0v) is 11.7. The maximum absolute atomic E-state index is 9.28. The normalized spacial score (nSPS) is 31.8. The highest BCUT2D eigenvalue weighted by Gasteiger charge is 2.36. The second kappa shape index (κ2) is 5.43. The lowest BCUT2D eigenvalue weighted by Gasteiger charge is -2.20. The summed E-state index contributed by atoms with van der Waals surface area (Å²) in [6, 6.07) is 8.33. The Kier molecular flexibility index (Phi) is 3.86. The highest BCUT2D eigenvalue weighted by molar-refractivity contribution is 8.19. The van der Waals surface area contributed by atoms with E-state index in [2.05, 4.69) is 12.1 Å². The molecule has 2 heterocycles. The molecule has 0 bridgehead atoms. The Labute approximate surface area is 115 Å². The lowest BCUT2D eigenvalue weighted by atomic mass is 10.1. The molecule has 2 aliphatic heterocycles. The highest BCUT2D eigenvalue weighted by atomic mass is 32.2. The molecule has 0 unspecified atom stereocenters. The number of aliphatic hydroxyl groups is 1. The molecule has 0 saturated carbocycles. The van der Waals surface area contributed by atoms with E-state index in [0.717, 1.165) is 6.42 Å². The first-order valence-corrected chi connectivity index (χ1v) is 7.86. The van der Waals surface area contributed by atoms with Gasteiger partial charge in [0, 0.05) is 16.2 Å². The molecule has 0 spiro atoms. The first-order valence-electron chi connectivity index (χ1n) is 6.10. The van der Waals surface area contributed by atoms with Crippen molar-refractivity contribution in [3.63, 3.8) is 0 Å². The summed E-state index contributed by atoms with van der Waals surface area (Å²) >= 11 is 3.48. The minimum atomic E-state index is -0.176. The van der Waals surface area contributed by atoms with Crippen molar-refractivity contribution in [1.29, 1.82) is 0 Å². The van der Waals surface area contributed by atoms with E-state index in [1.54, 1.807) is 23.5 Å². The van der Waals surface area contributed by atoms with Gasteiger partial charge in [-0.25, -0.2) is 0 Å². The van der Waals surface area contributed by atoms with Crippen LogP contribution in [-0.2, 0) is 9.47 Å². The largest absolute Gasteiger partial charge is 0.394 e. The molecule has 98 valence electrons. The third kappa shape index (κ3) is 2.56. The molecule has 1 aromatic rings. The van der Waals surface area contributed by atoms with E-state index < -0.39 is 0 Å². The van der Waals surface area contributed by atoms with Crippen molar-refractivity contribution in [3.8, 4) is 0 Å². The third-order valence-electron chi connectivity index (χ3n) is 3.15. The molecule has 2 aliphatic rings. The summed E-state index contributed by atoms with van der Waals surface area (Å²) in [6.07, 6.45) is 0.860. The average Bonchev–Trinajstić information content (AvgIpc) is 2.92. The van der Waals surface area contributed by atoms with Gasteiger partial charge in [0.2, 0.25) is 0 Å². The fraction of sp³-hybridized carbons (Fsp3) is 0.538. The van der Waals surface area contributed by atoms with E-state index in [1.807, 2.05) is 19.1 Å². The molecular weight excluding hydrogens is 268 g/mol. The zero-order valence-electron chi connectivity index (χ0n) is 10.1. The number of benzene rings is 1. The van der Waals surface area contributed by atoms with Crippen molar-refractivity contribution in [1.82, 2.24) is 0 Å². The number of hydrogen-bond donors (Lipinski definition) is 1. The summed E-state index contributed by atoms with van der Waals surface area (Å²) < 4.78 is 11.8. The molecule has 18 heavy (non-hydrogen) atoms. The number of aliphatic hydroxyl groups excluding tert-OH is 1. The van der Waals surface area contributed by atoms with Crippen molar-refractivity contribution in [2.75, 3.05) is 6.61 Å². The number of ether oxygens (including phenoxy) is 2. The Morgan fingerprint density at radius 1 is 1.33 bits per heavy atom. The van der Waals surface area contributed by atoms with Gasteiger partial charge in [-0.3, -0.25) is 0 Å². The van der Waals surface area contributed by atoms with Crippen molar-refractivity contribution in [2.45, 2.75) is 46.2 Å². The summed E-state index contributed by atoms with van der Waals surface area (Å²) in [6.45, 7) is 2.06. The minimum Gasteiger partial charge on any atom is -0.394 e. The molecule has 1 aromatic carbocycles. The number of thioether (sulfide) groups is 2. The topological polar surface area (TPSA) is 38.7 Å². The Bertz CT molecular complexity index is 401. The van der Waals surface area contributed by atoms with Crippen LogP contribution in [0.25, 0.3) is 0 Å². The fourth-order valence-corrected chi connectivity index (χ4v) is 4.90. The van der Waals surface area contributed by atoms with Gasteiger partial charge >= 0.3 is 0 Å². The SMILES string of the molecule is C[C@H]1C[C@@H](OC2Sc3ccccc3S2)[C@@H](CO)O1. The number of fused-ring (bicyclic) bond motifs is 1. The summed E-state index contributed by atoms with van der Waals surface area (Å²) in [4.78, 5) is 2.56. The molecule has 3 nitrogen and oxygen atoms in total. The van der Waals surface area contributed by atoms with Gasteiger partial charge in [0.25, 0.3) is 0 Å². The van der Waals surface area contributed by atoms with E-state index in [-0.39, 0.29) is 29.7 Å². The van der Waals surface area contributed by atoms with Gasteiger partial charge < -0.3 is 14.6 Å². The molecule has 3 rings (SSSR count). The van der Waals surface area contributed by atoms with E-state index in [0.29, 0.717) is 0 Å². The average molecular weight is 284 g/mol. The van der Waals surface area contributed by atoms with E-state index in [1.165, 1.54) is 9.79 Å². The van der Waals surface area contributed by atoms with Gasteiger partial charge in [0.1, 0.15) is 6.10 Å². The molecule has 0 radical (unpaired) electrons. The standard InChI is InChI=1S/C13H16O3S2/c1-8-6-9(10(7-14)15-8)16-13-17-11-4-2-3-5-12(11)18-13/h2-5,8-10,13-14H,6-7H2,1H3/t8-,9+,10+/m0/s1. The van der Waals surface area contributed by atoms with Gasteiger partial charge in [-0.2, -0.15) is 0 Å². The van der Waals surface area contributed by atoms with Crippen LogP contribution in [0, 0.1) is 0 Å². The highest BCUT2D eigenvalue weighted by Crippen LogP contribution is 2.49. The van der Waals surface area contributed by atoms with Crippen LogP contribution in [-0.4, -0.2) is 34.8 Å². The van der Waals surface area contributed by atoms with E-state index in [4.69, 9.17) is 9.47 Å². The van der Waals surface area contributed by atoms with Crippen LogP contribution in [0.1, 0.15) is 13.3 Å². The van der Waals surface area contributed by atoms with Gasteiger partial charge in [-0.15, -0.1) is 0 Å². The molecule has 1 saturated heterocycles. The zero-order chi connectivity index (χ0) is 12.5. The Hall–Kier alpha value is -0.200. The van der Waals surface area contributed by atoms with Crippen molar-refractivity contribution < 1.29 is 14.6 Å². The van der Waals surface area contributed by atoms with Crippen LogP contribution in [0.2, 0.25) is 0 Å². The Morgan fingerprint density at radius 3 is 2.61 bits per heavy atom. The molecule has 5 heteroatoms. The van der Waals surface area contributed by atoms with Gasteiger partial charge in [-0.05, 0) is 19.1 Å². The van der Waals surface area contributed by atoms with Gasteiger partial charge in [-0.1, -0.05) is 35.7 Å². The van der Waals surface area contributed by atoms with Crippen molar-refractivity contribution in [3.05, 3.63) is 24.3 Å². The molecular formula is C13H16O3S2. The van der Waals surface area contributed by atoms with E-state index in [9.17, 15) is 5.11 Å². The third-order valence-corrected chi connectivity index (χ3v) is 5.68. The van der Waals surface area contributed by atoms with Crippen LogP contribution in [0.5, 0.6) is 0 Å². The summed E-state index contributed by atoms with van der Waals surface area (Å²) in [5.41, 5.74) is 0. The first kappa shape index (κ1) is 12.8. The lowest BCUT2D eigenvalue weighted by molar-refractivity contribution is -0.0379. The molecule has 0 amide bonds. The molecule has 0 aromatic heterocycles. The molecule has 0 aliphatic carbocycles. The van der Waals surface area contributed by atoms with Gasteiger partial charge in [0.15, 0.2) is 4.77 Å². The molecule has 1 N–H and O–H groups in total. The predicted molar refractivity (Wildman–Crippen MR) is 72.9 cm³/mol. The maximum atomic E-state index is 9.28. The smallest absolute Gasteiger partial charge is 0.159 e. The summed E-state index contributed by atoms with van der Waals surface area (Å²) in [7, 11) is 0. The lowest BCUT2D eigenvalue weighted by Crippen LogP contribution is -2.29.